The van der Waals surface area contributed by atoms with E-state index >= 15 is 0 Å². The van der Waals surface area contributed by atoms with Crippen molar-refractivity contribution in [2.45, 2.75) is 14.7 Å². The molecule has 0 saturated heterocycles. The number of carbonyl (C=O) groups is 1. The smallest absolute Gasteiger partial charge is 0.337 e. The Morgan fingerprint density at radius 1 is 0.705 bits per heavy atom. The Kier molecular flexibility index (Phi) is 10.3. The maximum Gasteiger partial charge on any atom is 0.337 e. The van der Waals surface area contributed by atoms with Crippen LogP contribution in [-0.2, 0) is 30.4 Å². The van der Waals surface area contributed by atoms with Crippen molar-refractivity contribution in [2.75, 3.05) is 22.9 Å². The highest BCUT2D eigenvalue weighted by atomic mass is 32.2. The summed E-state index contributed by atoms with van der Waals surface area (Å²) in [4.78, 5) is 8.76. The fourth-order valence-electron chi connectivity index (χ4n) is 3.33. The average Bonchev–Trinajstić information content (AvgIpc) is 2.90. The number of hydrogen-bond donors (Lipinski definition) is 9. The van der Waals surface area contributed by atoms with E-state index in [0.717, 1.165) is 18.2 Å². The monoisotopic (exact) mass is 669 g/mol. The molecular formula is C24H23N5O12S3. The van der Waals surface area contributed by atoms with E-state index in [1.165, 1.54) is 36.4 Å². The Morgan fingerprint density at radius 2 is 1.23 bits per heavy atom. The molecule has 0 spiro atoms. The van der Waals surface area contributed by atoms with Crippen molar-refractivity contribution in [2.24, 2.45) is 0 Å². The van der Waals surface area contributed by atoms with Gasteiger partial charge in [0.1, 0.15) is 10.6 Å². The lowest BCUT2D eigenvalue weighted by Crippen LogP contribution is -2.05. The minimum Gasteiger partial charge on any atom is -0.505 e. The first-order chi connectivity index (χ1) is 20.1. The van der Waals surface area contributed by atoms with E-state index in [0.29, 0.717) is 11.4 Å². The van der Waals surface area contributed by atoms with E-state index < -0.39 is 57.6 Å². The van der Waals surface area contributed by atoms with Crippen LogP contribution in [0, 0.1) is 11.3 Å². The highest BCUT2D eigenvalue weighted by molar-refractivity contribution is 7.86. The first kappa shape index (κ1) is 35.0. The molecule has 20 heteroatoms. The number of hydrogen-bond acceptors (Lipinski definition) is 13. The van der Waals surface area contributed by atoms with Gasteiger partial charge in [-0.15, -0.1) is 0 Å². The second kappa shape index (κ2) is 13.0. The molecule has 4 aromatic carbocycles. The summed E-state index contributed by atoms with van der Waals surface area (Å²) in [5.74, 6) is -1.86. The van der Waals surface area contributed by atoms with E-state index in [4.69, 9.17) is 47.0 Å². The quantitative estimate of drug-likeness (QED) is 0.0845. The molecule has 0 aromatic heterocycles. The van der Waals surface area contributed by atoms with Crippen LogP contribution in [0.25, 0.3) is 10.8 Å². The van der Waals surface area contributed by atoms with Gasteiger partial charge in [0.05, 0.1) is 32.7 Å². The number of nitrogen functional groups attached to an aromatic ring is 4. The van der Waals surface area contributed by atoms with Crippen LogP contribution < -0.4 is 22.9 Å². The molecule has 0 aliphatic rings. The van der Waals surface area contributed by atoms with Crippen molar-refractivity contribution < 1.29 is 53.9 Å². The third kappa shape index (κ3) is 8.67. The molecule has 0 saturated carbocycles. The molecule has 0 atom stereocenters. The predicted molar refractivity (Wildman–Crippen MR) is 157 cm³/mol. The topological polar surface area (TPSA) is 349 Å². The first-order valence-corrected chi connectivity index (χ1v) is 15.6. The first-order valence-electron chi connectivity index (χ1n) is 11.2. The Balaban J connectivity index is 0.000000257. The minimum absolute atomic E-state index is 0.0463. The van der Waals surface area contributed by atoms with Gasteiger partial charge >= 0.3 is 5.97 Å². The Bertz CT molecular complexity index is 2130. The van der Waals surface area contributed by atoms with Crippen molar-refractivity contribution >= 4 is 69.8 Å². The molecule has 0 bridgehead atoms. The average molecular weight is 670 g/mol. The number of nitrogens with zero attached hydrogens (tertiary/aromatic N) is 1. The third-order valence-corrected chi connectivity index (χ3v) is 7.96. The van der Waals surface area contributed by atoms with Crippen molar-refractivity contribution in [1.29, 1.82) is 5.26 Å². The molecule has 0 fully saturated rings. The van der Waals surface area contributed by atoms with E-state index in [2.05, 4.69) is 0 Å². The SMILES string of the molecule is N#Cc1cc(S(=O)(=O)O)cc2cc(S(=O)(=O)O)c(N)c(O)c12.Nc1ccc(N)c(C(=O)O)c1.Nc1ccc(S(=O)(=O)O)cc1. The molecule has 0 unspecified atom stereocenters. The molecule has 4 rings (SSSR count). The standard InChI is InChI=1S/C11H8N2O7S2.C7H8N2O2.C6H7NO3S/c12-4-6-2-7(21(15,16)17)1-5-3-8(22(18,19)20)10(13)11(14)9(5)6;8-4-1-2-6(9)5(3-4)7(10)11;7-5-1-3-6(4-2-5)11(8,9)10/h1-3,14H,13H2,(H,15,16,17)(H,18,19,20);1-3H,8-9H2,(H,10,11);1-4H,7H2,(H,8,9,10). The Labute approximate surface area is 249 Å². The number of fused-ring (bicyclic) bond motifs is 1. The normalized spacial score (nSPS) is 11.3. The number of rotatable bonds is 4. The van der Waals surface area contributed by atoms with Gasteiger partial charge in [0.25, 0.3) is 30.4 Å². The van der Waals surface area contributed by atoms with E-state index in [-0.39, 0.29) is 32.5 Å². The molecule has 0 amide bonds. The summed E-state index contributed by atoms with van der Waals surface area (Å²) in [6.45, 7) is 0. The van der Waals surface area contributed by atoms with Gasteiger partial charge in [-0.25, -0.2) is 4.79 Å². The maximum absolute atomic E-state index is 11.2. The maximum atomic E-state index is 11.2. The van der Waals surface area contributed by atoms with Crippen LogP contribution in [0.2, 0.25) is 0 Å². The third-order valence-electron chi connectivity index (χ3n) is 5.37. The molecule has 44 heavy (non-hydrogen) atoms. The van der Waals surface area contributed by atoms with Gasteiger partial charge in [-0.05, 0) is 66.0 Å². The number of aromatic carboxylic acids is 1. The van der Waals surface area contributed by atoms with Crippen LogP contribution in [0.4, 0.5) is 22.7 Å². The fraction of sp³-hybridized carbons (Fsp3) is 0. The molecular weight excluding hydrogens is 646 g/mol. The zero-order valence-electron chi connectivity index (χ0n) is 21.8. The Hall–Kier alpha value is -5.17. The van der Waals surface area contributed by atoms with E-state index in [1.807, 2.05) is 0 Å². The van der Waals surface area contributed by atoms with Crippen molar-refractivity contribution in [3.63, 3.8) is 0 Å². The van der Waals surface area contributed by atoms with Crippen LogP contribution >= 0.6 is 0 Å². The molecule has 13 N–H and O–H groups in total. The lowest BCUT2D eigenvalue weighted by atomic mass is 10.0. The summed E-state index contributed by atoms with van der Waals surface area (Å²) >= 11 is 0. The molecule has 0 heterocycles. The van der Waals surface area contributed by atoms with E-state index in [1.54, 1.807) is 12.1 Å². The summed E-state index contributed by atoms with van der Waals surface area (Å²) in [6, 6.07) is 13.7. The van der Waals surface area contributed by atoms with Crippen molar-refractivity contribution in [3.05, 3.63) is 71.8 Å². The van der Waals surface area contributed by atoms with Gasteiger partial charge in [0.2, 0.25) is 0 Å². The number of benzene rings is 4. The minimum atomic E-state index is -4.80. The second-order valence-electron chi connectivity index (χ2n) is 8.46. The van der Waals surface area contributed by atoms with Gasteiger partial charge in [-0.1, -0.05) is 0 Å². The number of nitriles is 1. The predicted octanol–water partition coefficient (Wildman–Crippen LogP) is 1.56. The lowest BCUT2D eigenvalue weighted by molar-refractivity contribution is 0.0698. The zero-order valence-corrected chi connectivity index (χ0v) is 24.3. The zero-order chi connectivity index (χ0) is 33.8. The number of nitrogens with two attached hydrogens (primary N) is 4. The second-order valence-corrected chi connectivity index (χ2v) is 12.7. The fourth-order valence-corrected chi connectivity index (χ4v) is 5.01. The molecule has 0 aliphatic heterocycles. The van der Waals surface area contributed by atoms with Gasteiger partial charge < -0.3 is 33.1 Å². The summed E-state index contributed by atoms with van der Waals surface area (Å²) in [5.41, 5.74) is 21.5. The largest absolute Gasteiger partial charge is 0.505 e. The summed E-state index contributed by atoms with van der Waals surface area (Å²) < 4.78 is 92.3. The van der Waals surface area contributed by atoms with Crippen LogP contribution in [0.5, 0.6) is 5.75 Å². The molecule has 17 nitrogen and oxygen atoms in total. The van der Waals surface area contributed by atoms with Crippen LogP contribution in [0.15, 0.2) is 75.4 Å². The van der Waals surface area contributed by atoms with Gasteiger partial charge in [-0.2, -0.15) is 30.5 Å². The van der Waals surface area contributed by atoms with Crippen molar-refractivity contribution in [3.8, 4) is 11.8 Å². The summed E-state index contributed by atoms with van der Waals surface area (Å²) in [7, 11) is -13.5. The molecule has 0 radical (unpaired) electrons. The number of aromatic hydroxyl groups is 1. The number of carboxylic acids is 1. The Morgan fingerprint density at radius 3 is 1.66 bits per heavy atom. The van der Waals surface area contributed by atoms with Crippen LogP contribution in [0.3, 0.4) is 0 Å². The van der Waals surface area contributed by atoms with E-state index in [9.17, 15) is 35.2 Å². The van der Waals surface area contributed by atoms with Crippen LogP contribution in [0.1, 0.15) is 15.9 Å². The lowest BCUT2D eigenvalue weighted by Gasteiger charge is -2.11. The molecule has 234 valence electrons. The summed E-state index contributed by atoms with van der Waals surface area (Å²) in [6.07, 6.45) is 0. The summed E-state index contributed by atoms with van der Waals surface area (Å²) in [5, 5.41) is 27.1. The van der Waals surface area contributed by atoms with Crippen molar-refractivity contribution in [1.82, 2.24) is 0 Å². The number of anilines is 4. The number of phenolic OH excluding ortho intramolecular Hbond substituents is 1. The van der Waals surface area contributed by atoms with Crippen LogP contribution in [-0.4, -0.2) is 55.1 Å². The number of carboxylic acid groups (broad SMARTS) is 1. The van der Waals surface area contributed by atoms with Gasteiger partial charge in [-0.3, -0.25) is 13.7 Å². The molecule has 4 aromatic rings. The number of phenols is 1. The van der Waals surface area contributed by atoms with Gasteiger partial charge in [0, 0.05) is 22.4 Å². The molecule has 0 aliphatic carbocycles. The highest BCUT2D eigenvalue weighted by Crippen LogP contribution is 2.39. The highest BCUT2D eigenvalue weighted by Gasteiger charge is 2.23. The van der Waals surface area contributed by atoms with Gasteiger partial charge in [0.15, 0.2) is 0 Å².